The fourth-order valence-electron chi connectivity index (χ4n) is 5.80. The molecule has 0 unspecified atom stereocenters. The van der Waals surface area contributed by atoms with Crippen molar-refractivity contribution >= 4 is 22.8 Å². The van der Waals surface area contributed by atoms with E-state index in [0.29, 0.717) is 28.1 Å². The number of ether oxygens (including phenoxy) is 1. The summed E-state index contributed by atoms with van der Waals surface area (Å²) in [7, 11) is 0. The number of hydrogen-bond acceptors (Lipinski definition) is 7. The van der Waals surface area contributed by atoms with Gasteiger partial charge in [-0.3, -0.25) is 4.90 Å². The number of rotatable bonds is 6. The summed E-state index contributed by atoms with van der Waals surface area (Å²) in [6, 6.07) is 7.23. The average molecular weight is 534 g/mol. The molecule has 0 bridgehead atoms. The summed E-state index contributed by atoms with van der Waals surface area (Å²) in [4.78, 5) is 19.9. The molecule has 0 aliphatic carbocycles. The number of aromatic nitrogens is 5. The summed E-state index contributed by atoms with van der Waals surface area (Å²) >= 11 is 0. The fourth-order valence-corrected chi connectivity index (χ4v) is 5.80. The van der Waals surface area contributed by atoms with Gasteiger partial charge in [-0.1, -0.05) is 6.07 Å². The van der Waals surface area contributed by atoms with Crippen molar-refractivity contribution in [1.29, 1.82) is 0 Å². The lowest BCUT2D eigenvalue weighted by Crippen LogP contribution is -2.51. The number of pyridine rings is 1. The Kier molecular flexibility index (Phi) is 6.55. The molecule has 1 atom stereocenters. The third-order valence-electron chi connectivity index (χ3n) is 8.19. The van der Waals surface area contributed by atoms with Gasteiger partial charge in [-0.25, -0.2) is 28.7 Å². The van der Waals surface area contributed by atoms with E-state index in [0.717, 1.165) is 38.1 Å². The molecule has 2 saturated heterocycles. The molecule has 1 N–H and O–H groups in total. The van der Waals surface area contributed by atoms with E-state index < -0.39 is 11.6 Å². The van der Waals surface area contributed by atoms with E-state index in [9.17, 15) is 8.78 Å². The Morgan fingerprint density at radius 2 is 1.74 bits per heavy atom. The number of fused-ring (bicyclic) bond motifs is 1. The largest absolute Gasteiger partial charge is 0.380 e. The van der Waals surface area contributed by atoms with Crippen molar-refractivity contribution in [3.8, 4) is 11.3 Å². The Hall–Kier alpha value is -3.50. The predicted octanol–water partition coefficient (Wildman–Crippen LogP) is 5.97. The van der Waals surface area contributed by atoms with Crippen molar-refractivity contribution in [2.45, 2.75) is 52.6 Å². The molecule has 10 heteroatoms. The van der Waals surface area contributed by atoms with Crippen LogP contribution in [-0.2, 0) is 4.74 Å². The molecule has 3 aromatic heterocycles. The maximum atomic E-state index is 15.0. The molecule has 1 aromatic carbocycles. The number of aryl methyl sites for hydroxylation is 1. The number of nitrogens with one attached hydrogen (secondary N) is 1. The van der Waals surface area contributed by atoms with Gasteiger partial charge >= 0.3 is 0 Å². The highest BCUT2D eigenvalue weighted by Gasteiger charge is 2.41. The van der Waals surface area contributed by atoms with E-state index in [1.807, 2.05) is 43.7 Å². The van der Waals surface area contributed by atoms with Crippen LogP contribution in [0.25, 0.3) is 22.3 Å². The third-order valence-corrected chi connectivity index (χ3v) is 8.19. The SMILES string of the molecule is Cc1nc2c(F)cc(-c3nc(Nc4ccc([C@@H](C)N5CCC6(CC5)COC6)cn4)ncc3F)cc2n1C(C)C. The van der Waals surface area contributed by atoms with Gasteiger partial charge in [0.2, 0.25) is 5.95 Å². The first-order valence-electron chi connectivity index (χ1n) is 13.5. The standard InChI is InChI=1S/C29H33F2N7O/c1-17(2)38-19(4)34-27-22(30)11-21(12-24(27)38)26-23(31)14-33-28(36-26)35-25-6-5-20(13-32-25)18(3)37-9-7-29(8-10-37)15-39-16-29/h5-6,11-14,17-18H,7-10,15-16H2,1-4H3,(H,32,33,35,36)/t18-/m1/s1. The van der Waals surface area contributed by atoms with Crippen LogP contribution in [0.5, 0.6) is 0 Å². The van der Waals surface area contributed by atoms with Crippen LogP contribution in [0.2, 0.25) is 0 Å². The Bertz CT molecular complexity index is 1500. The first-order chi connectivity index (χ1) is 18.7. The molecule has 39 heavy (non-hydrogen) atoms. The Labute approximate surface area is 226 Å². The summed E-state index contributed by atoms with van der Waals surface area (Å²) in [5, 5.41) is 3.06. The van der Waals surface area contributed by atoms with Crippen LogP contribution in [0.1, 0.15) is 57.1 Å². The highest BCUT2D eigenvalue weighted by molar-refractivity contribution is 5.83. The van der Waals surface area contributed by atoms with E-state index in [1.165, 1.54) is 18.9 Å². The van der Waals surface area contributed by atoms with Crippen molar-refractivity contribution in [2.75, 3.05) is 31.6 Å². The second-order valence-electron chi connectivity index (χ2n) is 11.1. The van der Waals surface area contributed by atoms with E-state index >= 15 is 0 Å². The smallest absolute Gasteiger partial charge is 0.229 e. The van der Waals surface area contributed by atoms with Gasteiger partial charge in [-0.2, -0.15) is 0 Å². The van der Waals surface area contributed by atoms with Crippen LogP contribution in [0.15, 0.2) is 36.7 Å². The van der Waals surface area contributed by atoms with Crippen molar-refractivity contribution in [2.24, 2.45) is 5.41 Å². The Balaban J connectivity index is 1.21. The van der Waals surface area contributed by atoms with Crippen LogP contribution in [-0.4, -0.2) is 55.7 Å². The predicted molar refractivity (Wildman–Crippen MR) is 146 cm³/mol. The second kappa shape index (κ2) is 9.91. The topological polar surface area (TPSA) is 81.0 Å². The number of nitrogens with zero attached hydrogens (tertiary/aromatic N) is 6. The van der Waals surface area contributed by atoms with Gasteiger partial charge in [-0.15, -0.1) is 0 Å². The van der Waals surface area contributed by atoms with Gasteiger partial charge in [0.25, 0.3) is 0 Å². The van der Waals surface area contributed by atoms with Crippen molar-refractivity contribution in [3.63, 3.8) is 0 Å². The molecule has 2 fully saturated rings. The lowest BCUT2D eigenvalue weighted by molar-refractivity contribution is -0.142. The summed E-state index contributed by atoms with van der Waals surface area (Å²) < 4.78 is 37.2. The van der Waals surface area contributed by atoms with Crippen molar-refractivity contribution < 1.29 is 13.5 Å². The number of likely N-dealkylation sites (tertiary alicyclic amines) is 1. The maximum Gasteiger partial charge on any atom is 0.229 e. The van der Waals surface area contributed by atoms with Gasteiger partial charge in [0.15, 0.2) is 11.6 Å². The molecule has 0 radical (unpaired) electrons. The first-order valence-corrected chi connectivity index (χ1v) is 13.5. The normalized spacial score (nSPS) is 18.0. The minimum absolute atomic E-state index is 0.00688. The molecule has 0 saturated carbocycles. The summed E-state index contributed by atoms with van der Waals surface area (Å²) in [5.41, 5.74) is 2.72. The van der Waals surface area contributed by atoms with Crippen molar-refractivity contribution in [3.05, 3.63) is 59.7 Å². The molecule has 6 rings (SSSR count). The minimum Gasteiger partial charge on any atom is -0.380 e. The molecule has 2 aliphatic heterocycles. The highest BCUT2D eigenvalue weighted by atomic mass is 19.1. The molecule has 4 aromatic rings. The zero-order valence-corrected chi connectivity index (χ0v) is 22.7. The van der Waals surface area contributed by atoms with Crippen LogP contribution >= 0.6 is 0 Å². The van der Waals surface area contributed by atoms with Crippen LogP contribution in [0, 0.1) is 24.0 Å². The molecule has 8 nitrogen and oxygen atoms in total. The lowest BCUT2D eigenvalue weighted by atomic mass is 9.76. The first kappa shape index (κ1) is 25.8. The number of piperidine rings is 1. The number of imidazole rings is 1. The zero-order valence-electron chi connectivity index (χ0n) is 22.7. The van der Waals surface area contributed by atoms with Gasteiger partial charge < -0.3 is 14.6 Å². The quantitative estimate of drug-likeness (QED) is 0.327. The molecule has 5 heterocycles. The molecule has 1 spiro atoms. The van der Waals surface area contributed by atoms with Crippen molar-refractivity contribution in [1.82, 2.24) is 29.4 Å². The Morgan fingerprint density at radius 3 is 2.38 bits per heavy atom. The summed E-state index contributed by atoms with van der Waals surface area (Å²) in [6.45, 7) is 11.9. The Morgan fingerprint density at radius 1 is 0.974 bits per heavy atom. The fraction of sp³-hybridized carbons (Fsp3) is 0.448. The number of halogens is 2. The zero-order chi connectivity index (χ0) is 27.3. The van der Waals surface area contributed by atoms with Gasteiger partial charge in [0, 0.05) is 29.3 Å². The number of hydrogen-bond donors (Lipinski definition) is 1. The number of anilines is 2. The van der Waals surface area contributed by atoms with E-state index in [1.54, 1.807) is 6.07 Å². The molecular formula is C29H33F2N7O. The molecule has 204 valence electrons. The van der Waals surface area contributed by atoms with Crippen LogP contribution in [0.4, 0.5) is 20.5 Å². The molecule has 0 amide bonds. The van der Waals surface area contributed by atoms with E-state index in [4.69, 9.17) is 4.74 Å². The van der Waals surface area contributed by atoms with Crippen LogP contribution in [0.3, 0.4) is 0 Å². The maximum absolute atomic E-state index is 15.0. The highest BCUT2D eigenvalue weighted by Crippen LogP contribution is 2.40. The van der Waals surface area contributed by atoms with Gasteiger partial charge in [-0.05, 0) is 77.4 Å². The third kappa shape index (κ3) is 4.76. The molecule has 2 aliphatic rings. The molecular weight excluding hydrogens is 500 g/mol. The monoisotopic (exact) mass is 533 g/mol. The minimum atomic E-state index is -0.638. The lowest BCUT2D eigenvalue weighted by Gasteiger charge is -2.48. The summed E-state index contributed by atoms with van der Waals surface area (Å²) in [6.07, 6.45) is 5.28. The van der Waals surface area contributed by atoms with E-state index in [-0.39, 0.29) is 29.2 Å². The van der Waals surface area contributed by atoms with Crippen LogP contribution < -0.4 is 5.32 Å². The number of benzene rings is 1. The van der Waals surface area contributed by atoms with Gasteiger partial charge in [0.1, 0.15) is 22.9 Å². The van der Waals surface area contributed by atoms with E-state index in [2.05, 4.69) is 37.1 Å². The van der Waals surface area contributed by atoms with Gasteiger partial charge in [0.05, 0.1) is 24.9 Å². The second-order valence-corrected chi connectivity index (χ2v) is 11.1. The average Bonchev–Trinajstić information content (AvgIpc) is 3.25. The summed E-state index contributed by atoms with van der Waals surface area (Å²) in [5.74, 6) is 0.262.